The van der Waals surface area contributed by atoms with Crippen LogP contribution in [0.2, 0.25) is 0 Å². The van der Waals surface area contributed by atoms with Gasteiger partial charge in [-0.3, -0.25) is 4.79 Å². The van der Waals surface area contributed by atoms with E-state index in [9.17, 15) is 18.3 Å². The average Bonchev–Trinajstić information content (AvgIpc) is 3.08. The number of nitrogens with one attached hydrogen (secondary N) is 1. The highest BCUT2D eigenvalue weighted by Crippen LogP contribution is 2.41. The lowest BCUT2D eigenvalue weighted by Crippen LogP contribution is -2.34. The molecule has 0 aliphatic heterocycles. The number of aromatic nitrogens is 2. The van der Waals surface area contributed by atoms with Crippen LogP contribution in [0.15, 0.2) is 4.52 Å². The summed E-state index contributed by atoms with van der Waals surface area (Å²) in [5.74, 6) is -0.408. The SMILES string of the molecule is CC(C)(C)C(C(=O)O)[C@@H](CCCC1CCCCC1)c1nc(CCNS(C)(=O)=O)no1. The fraction of sp³-hybridized carbons (Fsp3) is 0.857. The van der Waals surface area contributed by atoms with Crippen molar-refractivity contribution in [1.29, 1.82) is 0 Å². The molecular formula is C21H37N3O5S. The number of rotatable bonds is 11. The number of sulfonamides is 1. The Bertz CT molecular complexity index is 779. The van der Waals surface area contributed by atoms with Gasteiger partial charge in [0.1, 0.15) is 0 Å². The molecule has 0 radical (unpaired) electrons. The van der Waals surface area contributed by atoms with E-state index >= 15 is 0 Å². The number of aliphatic carboxylic acids is 1. The van der Waals surface area contributed by atoms with E-state index in [1.807, 2.05) is 20.8 Å². The third kappa shape index (κ3) is 7.98. The van der Waals surface area contributed by atoms with Crippen molar-refractivity contribution in [1.82, 2.24) is 14.9 Å². The van der Waals surface area contributed by atoms with Crippen molar-refractivity contribution in [3.63, 3.8) is 0 Å². The van der Waals surface area contributed by atoms with Gasteiger partial charge in [-0.25, -0.2) is 13.1 Å². The van der Waals surface area contributed by atoms with Crippen LogP contribution in [0.5, 0.6) is 0 Å². The first kappa shape index (κ1) is 24.8. The van der Waals surface area contributed by atoms with Gasteiger partial charge in [-0.1, -0.05) is 70.9 Å². The predicted molar refractivity (Wildman–Crippen MR) is 115 cm³/mol. The number of carboxylic acid groups (broad SMARTS) is 1. The lowest BCUT2D eigenvalue weighted by Gasteiger charge is -2.32. The summed E-state index contributed by atoms with van der Waals surface area (Å²) in [5.41, 5.74) is -0.464. The average molecular weight is 444 g/mol. The minimum Gasteiger partial charge on any atom is -0.481 e. The number of hydrogen-bond donors (Lipinski definition) is 2. The Morgan fingerprint density at radius 3 is 2.50 bits per heavy atom. The molecule has 1 unspecified atom stereocenters. The first-order chi connectivity index (χ1) is 14.0. The number of carboxylic acids is 1. The molecule has 0 amide bonds. The molecule has 2 N–H and O–H groups in total. The van der Waals surface area contributed by atoms with Gasteiger partial charge in [-0.15, -0.1) is 0 Å². The van der Waals surface area contributed by atoms with Crippen molar-refractivity contribution in [2.75, 3.05) is 12.8 Å². The molecule has 9 heteroatoms. The first-order valence-electron chi connectivity index (χ1n) is 11.0. The molecular weight excluding hydrogens is 406 g/mol. The van der Waals surface area contributed by atoms with Crippen molar-refractivity contribution in [2.45, 2.75) is 84.5 Å². The second-order valence-corrected chi connectivity index (χ2v) is 11.5. The Morgan fingerprint density at radius 1 is 1.27 bits per heavy atom. The molecule has 1 aromatic heterocycles. The molecule has 1 aromatic rings. The lowest BCUT2D eigenvalue weighted by molar-refractivity contribution is -0.147. The van der Waals surface area contributed by atoms with Gasteiger partial charge in [-0.2, -0.15) is 4.98 Å². The van der Waals surface area contributed by atoms with Crippen molar-refractivity contribution >= 4 is 16.0 Å². The van der Waals surface area contributed by atoms with Crippen LogP contribution < -0.4 is 4.72 Å². The molecule has 0 saturated heterocycles. The van der Waals surface area contributed by atoms with E-state index in [1.54, 1.807) is 0 Å². The second-order valence-electron chi connectivity index (χ2n) is 9.69. The summed E-state index contributed by atoms with van der Waals surface area (Å²) in [6, 6.07) is 0. The van der Waals surface area contributed by atoms with Crippen LogP contribution in [0.25, 0.3) is 0 Å². The van der Waals surface area contributed by atoms with Crippen molar-refractivity contribution in [3.8, 4) is 0 Å². The van der Waals surface area contributed by atoms with E-state index in [0.717, 1.165) is 25.0 Å². The molecule has 1 saturated carbocycles. The molecule has 0 spiro atoms. The summed E-state index contributed by atoms with van der Waals surface area (Å²) in [7, 11) is -3.28. The maximum atomic E-state index is 12.1. The van der Waals surface area contributed by atoms with E-state index in [1.165, 1.54) is 32.1 Å². The first-order valence-corrected chi connectivity index (χ1v) is 12.9. The van der Waals surface area contributed by atoms with E-state index < -0.39 is 27.3 Å². The summed E-state index contributed by atoms with van der Waals surface area (Å²) >= 11 is 0. The Labute approximate surface area is 180 Å². The Morgan fingerprint density at radius 2 is 1.93 bits per heavy atom. The lowest BCUT2D eigenvalue weighted by atomic mass is 9.71. The molecule has 1 aliphatic carbocycles. The smallest absolute Gasteiger partial charge is 0.307 e. The third-order valence-electron chi connectivity index (χ3n) is 5.97. The van der Waals surface area contributed by atoms with Gasteiger partial charge in [0.05, 0.1) is 18.1 Å². The molecule has 8 nitrogen and oxygen atoms in total. The summed E-state index contributed by atoms with van der Waals surface area (Å²) in [5, 5.41) is 13.9. The van der Waals surface area contributed by atoms with Crippen LogP contribution >= 0.6 is 0 Å². The second kappa shape index (κ2) is 10.7. The summed E-state index contributed by atoms with van der Waals surface area (Å²) < 4.78 is 30.3. The van der Waals surface area contributed by atoms with Crippen LogP contribution in [-0.2, 0) is 21.2 Å². The van der Waals surface area contributed by atoms with E-state index in [4.69, 9.17) is 4.52 Å². The minimum atomic E-state index is -3.28. The van der Waals surface area contributed by atoms with E-state index in [2.05, 4.69) is 14.9 Å². The van der Waals surface area contributed by atoms with Gasteiger partial charge < -0.3 is 9.63 Å². The van der Waals surface area contributed by atoms with Gasteiger partial charge in [0, 0.05) is 13.0 Å². The van der Waals surface area contributed by atoms with E-state index in [-0.39, 0.29) is 12.5 Å². The number of carbonyl (C=O) groups is 1. The fourth-order valence-electron chi connectivity index (χ4n) is 4.55. The van der Waals surface area contributed by atoms with Crippen molar-refractivity contribution in [2.24, 2.45) is 17.3 Å². The monoisotopic (exact) mass is 443 g/mol. The van der Waals surface area contributed by atoms with Crippen LogP contribution in [0.1, 0.15) is 89.8 Å². The highest BCUT2D eigenvalue weighted by molar-refractivity contribution is 7.88. The topological polar surface area (TPSA) is 122 Å². The molecule has 30 heavy (non-hydrogen) atoms. The molecule has 1 heterocycles. The zero-order valence-electron chi connectivity index (χ0n) is 18.7. The highest BCUT2D eigenvalue weighted by Gasteiger charge is 2.41. The number of hydrogen-bond acceptors (Lipinski definition) is 6. The van der Waals surface area contributed by atoms with Crippen molar-refractivity contribution in [3.05, 3.63) is 11.7 Å². The standard InChI is InChI=1S/C21H37N3O5S/c1-21(2,3)18(20(25)26)16(12-8-11-15-9-6-5-7-10-15)19-23-17(24-29-19)13-14-22-30(4,27)28/h15-16,18,22H,5-14H2,1-4H3,(H,25,26)/t16-,18?/m1/s1. The molecule has 1 fully saturated rings. The molecule has 0 aromatic carbocycles. The largest absolute Gasteiger partial charge is 0.481 e. The Kier molecular flexibility index (Phi) is 8.85. The van der Waals surface area contributed by atoms with Gasteiger partial charge >= 0.3 is 5.97 Å². The van der Waals surface area contributed by atoms with Crippen LogP contribution in [0, 0.1) is 17.3 Å². The maximum Gasteiger partial charge on any atom is 0.307 e. The Balaban J connectivity index is 2.10. The Hall–Kier alpha value is -1.48. The minimum absolute atomic E-state index is 0.172. The zero-order valence-corrected chi connectivity index (χ0v) is 19.5. The normalized spacial score (nSPS) is 18.3. The maximum absolute atomic E-state index is 12.1. The number of nitrogens with zero attached hydrogens (tertiary/aromatic N) is 2. The van der Waals surface area contributed by atoms with Gasteiger partial charge in [0.15, 0.2) is 5.82 Å². The van der Waals surface area contributed by atoms with Crippen LogP contribution in [0.4, 0.5) is 0 Å². The molecule has 2 rings (SSSR count). The van der Waals surface area contributed by atoms with Crippen LogP contribution in [0.3, 0.4) is 0 Å². The van der Waals surface area contributed by atoms with Crippen LogP contribution in [-0.4, -0.2) is 42.4 Å². The molecule has 2 atom stereocenters. The molecule has 1 aliphatic rings. The highest BCUT2D eigenvalue weighted by atomic mass is 32.2. The third-order valence-corrected chi connectivity index (χ3v) is 6.70. The molecule has 0 bridgehead atoms. The fourth-order valence-corrected chi connectivity index (χ4v) is 5.02. The predicted octanol–water partition coefficient (Wildman–Crippen LogP) is 3.74. The van der Waals surface area contributed by atoms with Crippen molar-refractivity contribution < 1.29 is 22.8 Å². The molecule has 172 valence electrons. The van der Waals surface area contributed by atoms with Gasteiger partial charge in [-0.05, 0) is 17.8 Å². The quantitative estimate of drug-likeness (QED) is 0.534. The summed E-state index contributed by atoms with van der Waals surface area (Å²) in [4.78, 5) is 16.6. The van der Waals surface area contributed by atoms with E-state index in [0.29, 0.717) is 24.6 Å². The van der Waals surface area contributed by atoms with Gasteiger partial charge in [0.25, 0.3) is 0 Å². The summed E-state index contributed by atoms with van der Waals surface area (Å²) in [6.07, 6.45) is 10.6. The van der Waals surface area contributed by atoms with Gasteiger partial charge in [0.2, 0.25) is 15.9 Å². The zero-order chi connectivity index (χ0) is 22.4. The summed E-state index contributed by atoms with van der Waals surface area (Å²) in [6.45, 7) is 5.94.